The zero-order chi connectivity index (χ0) is 12.5. The normalized spacial score (nSPS) is 14.1. The number of hydrogen-bond donors (Lipinski definition) is 0. The van der Waals surface area contributed by atoms with Crippen LogP contribution in [0.2, 0.25) is 0 Å². The fourth-order valence-corrected chi connectivity index (χ4v) is 2.39. The molecular formula is C14H10BrNO2. The summed E-state index contributed by atoms with van der Waals surface area (Å²) in [6.45, 7) is 0.0729. The highest BCUT2D eigenvalue weighted by Crippen LogP contribution is 2.37. The highest BCUT2D eigenvalue weighted by Gasteiger charge is 2.26. The van der Waals surface area contributed by atoms with Crippen LogP contribution in [-0.4, -0.2) is 12.5 Å². The topological polar surface area (TPSA) is 29.5 Å². The molecule has 0 radical (unpaired) electrons. The minimum atomic E-state index is -0.0631. The van der Waals surface area contributed by atoms with E-state index in [2.05, 4.69) is 15.9 Å². The molecule has 0 saturated carbocycles. The number of carbonyl (C=O) groups is 1. The fraction of sp³-hybridized carbons (Fsp3) is 0.0714. The maximum atomic E-state index is 12.1. The van der Waals surface area contributed by atoms with E-state index in [0.29, 0.717) is 0 Å². The Morgan fingerprint density at radius 3 is 2.78 bits per heavy atom. The largest absolute Gasteiger partial charge is 0.482 e. The van der Waals surface area contributed by atoms with Gasteiger partial charge in [0, 0.05) is 4.47 Å². The number of amides is 1. The van der Waals surface area contributed by atoms with Crippen LogP contribution in [0.25, 0.3) is 0 Å². The molecule has 90 valence electrons. The summed E-state index contributed by atoms with van der Waals surface area (Å²) < 4.78 is 6.36. The van der Waals surface area contributed by atoms with Crippen LogP contribution in [0.1, 0.15) is 0 Å². The van der Waals surface area contributed by atoms with E-state index in [9.17, 15) is 4.79 Å². The van der Waals surface area contributed by atoms with Gasteiger partial charge in [-0.25, -0.2) is 0 Å². The third-order valence-corrected chi connectivity index (χ3v) is 3.27. The molecule has 3 rings (SSSR count). The smallest absolute Gasteiger partial charge is 0.269 e. The van der Waals surface area contributed by atoms with Crippen LogP contribution >= 0.6 is 15.9 Å². The number of carbonyl (C=O) groups excluding carboxylic acids is 1. The Balaban J connectivity index is 2.13. The molecule has 2 aromatic carbocycles. The number of halogens is 1. The summed E-state index contributed by atoms with van der Waals surface area (Å²) in [5, 5.41) is 0. The molecule has 0 atom stereocenters. The summed E-state index contributed by atoms with van der Waals surface area (Å²) in [5.74, 6) is 0.670. The van der Waals surface area contributed by atoms with E-state index in [1.54, 1.807) is 4.90 Å². The Labute approximate surface area is 113 Å². The van der Waals surface area contributed by atoms with Crippen LogP contribution in [-0.2, 0) is 4.79 Å². The molecule has 3 nitrogen and oxygen atoms in total. The van der Waals surface area contributed by atoms with Gasteiger partial charge in [0.25, 0.3) is 5.91 Å². The van der Waals surface area contributed by atoms with Gasteiger partial charge in [-0.3, -0.25) is 9.69 Å². The number of rotatable bonds is 1. The predicted octanol–water partition coefficient (Wildman–Crippen LogP) is 3.51. The number of para-hydroxylation sites is 2. The van der Waals surface area contributed by atoms with Gasteiger partial charge in [0.1, 0.15) is 5.75 Å². The van der Waals surface area contributed by atoms with Gasteiger partial charge >= 0.3 is 0 Å². The minimum Gasteiger partial charge on any atom is -0.482 e. The summed E-state index contributed by atoms with van der Waals surface area (Å²) >= 11 is 3.42. The lowest BCUT2D eigenvalue weighted by molar-refractivity contribution is -0.120. The molecule has 4 heteroatoms. The molecule has 1 aliphatic rings. The maximum Gasteiger partial charge on any atom is 0.269 e. The van der Waals surface area contributed by atoms with E-state index >= 15 is 0 Å². The zero-order valence-corrected chi connectivity index (χ0v) is 11.1. The number of hydrogen-bond acceptors (Lipinski definition) is 2. The number of nitrogens with zero attached hydrogens (tertiary/aromatic N) is 1. The van der Waals surface area contributed by atoms with Crippen molar-refractivity contribution in [2.75, 3.05) is 11.5 Å². The van der Waals surface area contributed by atoms with Crippen molar-refractivity contribution in [3.8, 4) is 5.75 Å². The second-order valence-corrected chi connectivity index (χ2v) is 4.88. The Hall–Kier alpha value is -1.81. The molecular weight excluding hydrogens is 294 g/mol. The van der Waals surface area contributed by atoms with Gasteiger partial charge in [-0.2, -0.15) is 0 Å². The molecule has 0 aliphatic carbocycles. The van der Waals surface area contributed by atoms with Crippen LogP contribution in [0.3, 0.4) is 0 Å². The summed E-state index contributed by atoms with van der Waals surface area (Å²) in [6.07, 6.45) is 0. The first-order chi connectivity index (χ1) is 8.75. The monoisotopic (exact) mass is 303 g/mol. The Morgan fingerprint density at radius 1 is 1.11 bits per heavy atom. The van der Waals surface area contributed by atoms with Crippen molar-refractivity contribution in [3.63, 3.8) is 0 Å². The van der Waals surface area contributed by atoms with Gasteiger partial charge in [0.15, 0.2) is 6.61 Å². The number of fused-ring (bicyclic) bond motifs is 1. The van der Waals surface area contributed by atoms with E-state index < -0.39 is 0 Å². The van der Waals surface area contributed by atoms with Crippen LogP contribution in [0.4, 0.5) is 11.4 Å². The first kappa shape index (κ1) is 11.3. The van der Waals surface area contributed by atoms with E-state index in [4.69, 9.17) is 4.74 Å². The van der Waals surface area contributed by atoms with E-state index in [1.165, 1.54) is 0 Å². The lowest BCUT2D eigenvalue weighted by Crippen LogP contribution is -2.35. The molecule has 0 fully saturated rings. The van der Waals surface area contributed by atoms with Gasteiger partial charge in [-0.05, 0) is 30.3 Å². The number of benzene rings is 2. The molecule has 2 aromatic rings. The summed E-state index contributed by atoms with van der Waals surface area (Å²) in [6, 6.07) is 15.2. The van der Waals surface area contributed by atoms with Gasteiger partial charge < -0.3 is 4.74 Å². The third-order valence-electron chi connectivity index (χ3n) is 2.77. The molecule has 1 heterocycles. The molecule has 0 bridgehead atoms. The van der Waals surface area contributed by atoms with Gasteiger partial charge in [-0.1, -0.05) is 34.1 Å². The van der Waals surface area contributed by atoms with Gasteiger partial charge in [-0.15, -0.1) is 0 Å². The maximum absolute atomic E-state index is 12.1. The standard InChI is InChI=1S/C14H10BrNO2/c15-10-4-3-5-11(8-10)16-12-6-1-2-7-13(12)18-9-14(16)17/h1-8H,9H2. The van der Waals surface area contributed by atoms with Crippen molar-refractivity contribution in [2.45, 2.75) is 0 Å². The van der Waals surface area contributed by atoms with Gasteiger partial charge in [0.05, 0.1) is 11.4 Å². The average molecular weight is 304 g/mol. The minimum absolute atomic E-state index is 0.0631. The van der Waals surface area contributed by atoms with Crippen LogP contribution in [0.15, 0.2) is 53.0 Å². The van der Waals surface area contributed by atoms with Crippen molar-refractivity contribution in [1.82, 2.24) is 0 Å². The first-order valence-electron chi connectivity index (χ1n) is 5.56. The van der Waals surface area contributed by atoms with Crippen LogP contribution in [0, 0.1) is 0 Å². The van der Waals surface area contributed by atoms with Crippen molar-refractivity contribution in [2.24, 2.45) is 0 Å². The van der Waals surface area contributed by atoms with Crippen molar-refractivity contribution >= 4 is 33.2 Å². The predicted molar refractivity (Wildman–Crippen MR) is 73.2 cm³/mol. The highest BCUT2D eigenvalue weighted by atomic mass is 79.9. The zero-order valence-electron chi connectivity index (χ0n) is 9.47. The highest BCUT2D eigenvalue weighted by molar-refractivity contribution is 9.10. The first-order valence-corrected chi connectivity index (χ1v) is 6.35. The molecule has 0 spiro atoms. The fourth-order valence-electron chi connectivity index (χ4n) is 2.00. The average Bonchev–Trinajstić information content (AvgIpc) is 2.38. The quantitative estimate of drug-likeness (QED) is 0.807. The summed E-state index contributed by atoms with van der Waals surface area (Å²) in [7, 11) is 0. The Bertz CT molecular complexity index is 612. The SMILES string of the molecule is O=C1COc2ccccc2N1c1cccc(Br)c1. The van der Waals surface area contributed by atoms with Crippen LogP contribution < -0.4 is 9.64 Å². The summed E-state index contributed by atoms with van der Waals surface area (Å²) in [4.78, 5) is 13.7. The summed E-state index contributed by atoms with van der Waals surface area (Å²) in [5.41, 5.74) is 1.62. The number of ether oxygens (including phenoxy) is 1. The van der Waals surface area contributed by atoms with E-state index in [1.807, 2.05) is 48.5 Å². The molecule has 0 saturated heterocycles. The lowest BCUT2D eigenvalue weighted by Gasteiger charge is -2.29. The third kappa shape index (κ3) is 1.88. The van der Waals surface area contributed by atoms with Crippen molar-refractivity contribution < 1.29 is 9.53 Å². The molecule has 1 amide bonds. The van der Waals surface area contributed by atoms with Crippen molar-refractivity contribution in [3.05, 3.63) is 53.0 Å². The molecule has 18 heavy (non-hydrogen) atoms. The Morgan fingerprint density at radius 2 is 1.94 bits per heavy atom. The molecule has 0 N–H and O–H groups in total. The van der Waals surface area contributed by atoms with E-state index in [0.717, 1.165) is 21.6 Å². The van der Waals surface area contributed by atoms with Gasteiger partial charge in [0.2, 0.25) is 0 Å². The number of anilines is 2. The van der Waals surface area contributed by atoms with E-state index in [-0.39, 0.29) is 12.5 Å². The van der Waals surface area contributed by atoms with Crippen LogP contribution in [0.5, 0.6) is 5.75 Å². The molecule has 0 unspecified atom stereocenters. The van der Waals surface area contributed by atoms with Crippen molar-refractivity contribution in [1.29, 1.82) is 0 Å². The lowest BCUT2D eigenvalue weighted by atomic mass is 10.2. The Kier molecular flexibility index (Phi) is 2.80. The molecule has 1 aliphatic heterocycles. The second-order valence-electron chi connectivity index (χ2n) is 3.97. The molecule has 0 aromatic heterocycles. The second kappa shape index (κ2) is 4.46.